The Labute approximate surface area is 121 Å². The van der Waals surface area contributed by atoms with Crippen LogP contribution in [0, 0.1) is 5.92 Å². The van der Waals surface area contributed by atoms with Crippen molar-refractivity contribution in [2.24, 2.45) is 11.7 Å². The van der Waals surface area contributed by atoms with E-state index in [1.54, 1.807) is 0 Å². The van der Waals surface area contributed by atoms with Gasteiger partial charge in [-0.1, -0.05) is 13.8 Å². The molecule has 9 nitrogen and oxygen atoms in total. The highest BCUT2D eigenvalue weighted by atomic mass is 16.4. The molecule has 1 aliphatic rings. The number of hydrogen-bond donors (Lipinski definition) is 4. The minimum absolute atomic E-state index is 0.0766. The third kappa shape index (κ3) is 4.62. The van der Waals surface area contributed by atoms with E-state index in [0.29, 0.717) is 6.42 Å². The molecule has 5 N–H and O–H groups in total. The topological polar surface area (TPSA) is 142 Å². The van der Waals surface area contributed by atoms with Gasteiger partial charge in [0, 0.05) is 6.54 Å². The number of nitrogens with two attached hydrogens (primary N) is 1. The summed E-state index contributed by atoms with van der Waals surface area (Å²) in [6.45, 7) is 3.18. The first kappa shape index (κ1) is 16.7. The van der Waals surface area contributed by atoms with E-state index < -0.39 is 35.9 Å². The van der Waals surface area contributed by atoms with Crippen LogP contribution in [0.1, 0.15) is 20.3 Å². The van der Waals surface area contributed by atoms with Crippen LogP contribution in [-0.2, 0) is 14.4 Å². The van der Waals surface area contributed by atoms with Gasteiger partial charge in [0.25, 0.3) is 0 Å². The van der Waals surface area contributed by atoms with Crippen molar-refractivity contribution in [3.05, 3.63) is 0 Å². The summed E-state index contributed by atoms with van der Waals surface area (Å²) in [6, 6.07) is -2.97. The molecule has 1 aliphatic heterocycles. The summed E-state index contributed by atoms with van der Waals surface area (Å²) in [5.41, 5.74) is 5.04. The lowest BCUT2D eigenvalue weighted by molar-refractivity contribution is -0.155. The Balaban J connectivity index is 2.94. The van der Waals surface area contributed by atoms with Gasteiger partial charge < -0.3 is 26.4 Å². The number of rotatable bonds is 5. The maximum absolute atomic E-state index is 12.4. The van der Waals surface area contributed by atoms with E-state index in [2.05, 4.69) is 10.6 Å². The van der Waals surface area contributed by atoms with Crippen LogP contribution in [0.15, 0.2) is 0 Å². The molecule has 1 heterocycles. The molecule has 1 saturated heterocycles. The van der Waals surface area contributed by atoms with Crippen LogP contribution < -0.4 is 16.4 Å². The summed E-state index contributed by atoms with van der Waals surface area (Å²) in [6.07, 6.45) is 0.298. The van der Waals surface area contributed by atoms with Crippen LogP contribution in [0.25, 0.3) is 0 Å². The summed E-state index contributed by atoms with van der Waals surface area (Å²) in [5, 5.41) is 13.8. The molecule has 1 fully saturated rings. The number of carboxylic acids is 1. The van der Waals surface area contributed by atoms with Crippen LogP contribution in [0.4, 0.5) is 4.79 Å². The Morgan fingerprint density at radius 3 is 2.57 bits per heavy atom. The number of nitrogens with one attached hydrogen (secondary N) is 2. The highest BCUT2D eigenvalue weighted by Crippen LogP contribution is 2.12. The number of aliphatic carboxylic acids is 1. The van der Waals surface area contributed by atoms with Crippen molar-refractivity contribution in [1.29, 1.82) is 0 Å². The Bertz CT molecular complexity index is 451. The highest BCUT2D eigenvalue weighted by Gasteiger charge is 2.38. The molecule has 0 saturated carbocycles. The van der Waals surface area contributed by atoms with Gasteiger partial charge in [0.05, 0.1) is 0 Å². The first-order chi connectivity index (χ1) is 9.72. The van der Waals surface area contributed by atoms with Gasteiger partial charge in [0.1, 0.15) is 18.6 Å². The maximum atomic E-state index is 12.4. The molecular weight excluding hydrogens is 280 g/mol. The molecule has 9 heteroatoms. The quantitative estimate of drug-likeness (QED) is 0.488. The van der Waals surface area contributed by atoms with Crippen molar-refractivity contribution < 1.29 is 24.3 Å². The molecule has 0 aromatic carbocycles. The number of urea groups is 1. The molecule has 0 aromatic heterocycles. The zero-order chi connectivity index (χ0) is 16.2. The number of carbonyl (C=O) groups is 4. The first-order valence-corrected chi connectivity index (χ1v) is 6.58. The predicted molar refractivity (Wildman–Crippen MR) is 72.1 cm³/mol. The number of primary amides is 1. The molecule has 0 aliphatic carbocycles. The number of amides is 4. The van der Waals surface area contributed by atoms with Crippen molar-refractivity contribution in [2.75, 3.05) is 13.1 Å². The normalized spacial score (nSPS) is 19.9. The van der Waals surface area contributed by atoms with E-state index >= 15 is 0 Å². The third-order valence-electron chi connectivity index (χ3n) is 3.07. The van der Waals surface area contributed by atoms with Gasteiger partial charge in [-0.2, -0.15) is 0 Å². The van der Waals surface area contributed by atoms with E-state index in [-0.39, 0.29) is 19.0 Å². The molecule has 0 bridgehead atoms. The second-order valence-electron chi connectivity index (χ2n) is 5.31. The van der Waals surface area contributed by atoms with Crippen molar-refractivity contribution in [2.45, 2.75) is 32.4 Å². The fraction of sp³-hybridized carbons (Fsp3) is 0.667. The van der Waals surface area contributed by atoms with Gasteiger partial charge in [-0.15, -0.1) is 0 Å². The molecule has 21 heavy (non-hydrogen) atoms. The van der Waals surface area contributed by atoms with Crippen molar-refractivity contribution >= 4 is 23.8 Å². The average Bonchev–Trinajstić information content (AvgIpc) is 2.35. The summed E-state index contributed by atoms with van der Waals surface area (Å²) >= 11 is 0. The van der Waals surface area contributed by atoms with Gasteiger partial charge in [0.2, 0.25) is 11.8 Å². The minimum Gasteiger partial charge on any atom is -0.480 e. The number of piperazine rings is 1. The monoisotopic (exact) mass is 300 g/mol. The summed E-state index contributed by atoms with van der Waals surface area (Å²) < 4.78 is 0. The number of nitrogens with zero attached hydrogens (tertiary/aromatic N) is 1. The lowest BCUT2D eigenvalue weighted by Gasteiger charge is -2.35. The largest absolute Gasteiger partial charge is 0.480 e. The predicted octanol–water partition coefficient (Wildman–Crippen LogP) is -1.52. The zero-order valence-corrected chi connectivity index (χ0v) is 12.0. The number of carboxylic acid groups (broad SMARTS) is 1. The van der Waals surface area contributed by atoms with E-state index in [1.165, 1.54) is 0 Å². The van der Waals surface area contributed by atoms with Crippen LogP contribution in [0.5, 0.6) is 0 Å². The van der Waals surface area contributed by atoms with E-state index in [9.17, 15) is 19.2 Å². The number of carbonyl (C=O) groups excluding carboxylic acids is 3. The molecule has 2 atom stereocenters. The smallest absolute Gasteiger partial charge is 0.328 e. The molecule has 4 amide bonds. The van der Waals surface area contributed by atoms with Crippen molar-refractivity contribution in [3.63, 3.8) is 0 Å². The molecular formula is C12H20N4O5. The Kier molecular flexibility index (Phi) is 5.51. The second-order valence-corrected chi connectivity index (χ2v) is 5.31. The average molecular weight is 300 g/mol. The SMILES string of the molecule is CC(C)CC(NC(N)=O)C(=O)N1CC(=O)NCC1C(=O)O. The van der Waals surface area contributed by atoms with E-state index in [1.807, 2.05) is 13.8 Å². The van der Waals surface area contributed by atoms with Gasteiger partial charge in [-0.3, -0.25) is 9.59 Å². The van der Waals surface area contributed by atoms with Gasteiger partial charge in [0.15, 0.2) is 0 Å². The Morgan fingerprint density at radius 1 is 1.48 bits per heavy atom. The van der Waals surface area contributed by atoms with Crippen LogP contribution in [0.2, 0.25) is 0 Å². The summed E-state index contributed by atoms with van der Waals surface area (Å²) in [7, 11) is 0. The summed E-state index contributed by atoms with van der Waals surface area (Å²) in [5.74, 6) is -2.20. The Morgan fingerprint density at radius 2 is 2.10 bits per heavy atom. The Hall–Kier alpha value is -2.32. The van der Waals surface area contributed by atoms with Gasteiger partial charge in [-0.25, -0.2) is 9.59 Å². The molecule has 118 valence electrons. The second kappa shape index (κ2) is 6.91. The zero-order valence-electron chi connectivity index (χ0n) is 12.0. The molecule has 0 radical (unpaired) electrons. The lowest BCUT2D eigenvalue weighted by atomic mass is 10.0. The lowest BCUT2D eigenvalue weighted by Crippen LogP contribution is -2.63. The van der Waals surface area contributed by atoms with E-state index in [4.69, 9.17) is 10.8 Å². The maximum Gasteiger partial charge on any atom is 0.328 e. The molecule has 0 aromatic rings. The van der Waals surface area contributed by atoms with E-state index in [0.717, 1.165) is 4.90 Å². The summed E-state index contributed by atoms with van der Waals surface area (Å²) in [4.78, 5) is 47.0. The fourth-order valence-electron chi connectivity index (χ4n) is 2.16. The molecule has 0 spiro atoms. The molecule has 2 unspecified atom stereocenters. The fourth-order valence-corrected chi connectivity index (χ4v) is 2.16. The van der Waals surface area contributed by atoms with Gasteiger partial charge in [-0.05, 0) is 12.3 Å². The first-order valence-electron chi connectivity index (χ1n) is 6.58. The minimum atomic E-state index is -1.22. The third-order valence-corrected chi connectivity index (χ3v) is 3.07. The highest BCUT2D eigenvalue weighted by molar-refractivity contribution is 5.94. The number of hydrogen-bond acceptors (Lipinski definition) is 4. The molecule has 1 rings (SSSR count). The van der Waals surface area contributed by atoms with Crippen LogP contribution >= 0.6 is 0 Å². The standard InChI is InChI=1S/C12H20N4O5/c1-6(2)3-7(15-12(13)21)10(18)16-5-9(17)14-4-8(16)11(19)20/h6-8H,3-5H2,1-2H3,(H,14,17)(H,19,20)(H3,13,15,21). The van der Waals surface area contributed by atoms with Crippen molar-refractivity contribution in [1.82, 2.24) is 15.5 Å². The van der Waals surface area contributed by atoms with Crippen molar-refractivity contribution in [3.8, 4) is 0 Å². The van der Waals surface area contributed by atoms with Crippen LogP contribution in [0.3, 0.4) is 0 Å². The van der Waals surface area contributed by atoms with Gasteiger partial charge >= 0.3 is 12.0 Å². The van der Waals surface area contributed by atoms with Crippen LogP contribution in [-0.4, -0.2) is 59.0 Å².